The van der Waals surface area contributed by atoms with E-state index in [1.807, 2.05) is 31.2 Å². The van der Waals surface area contributed by atoms with Crippen molar-refractivity contribution < 1.29 is 9.53 Å². The van der Waals surface area contributed by atoms with Gasteiger partial charge in [-0.3, -0.25) is 4.90 Å². The zero-order valence-electron chi connectivity index (χ0n) is 15.5. The third-order valence-corrected chi connectivity index (χ3v) is 5.25. The van der Waals surface area contributed by atoms with Crippen LogP contribution in [0.4, 0.5) is 4.79 Å². The Labute approximate surface area is 156 Å². The van der Waals surface area contributed by atoms with Gasteiger partial charge in [0.25, 0.3) is 0 Å². The van der Waals surface area contributed by atoms with E-state index in [0.29, 0.717) is 6.04 Å². The van der Waals surface area contributed by atoms with Crippen molar-refractivity contribution in [3.05, 3.63) is 59.7 Å². The molecule has 2 aliphatic rings. The SMILES string of the molecule is Cc1ccc(C(CCN2CCN(C3C=CC=CC3)CC2)OC(N)=O)cc1. The number of piperazine rings is 1. The van der Waals surface area contributed by atoms with Crippen molar-refractivity contribution in [3.8, 4) is 0 Å². The van der Waals surface area contributed by atoms with Crippen LogP contribution < -0.4 is 5.73 Å². The van der Waals surface area contributed by atoms with Crippen molar-refractivity contribution in [2.75, 3.05) is 32.7 Å². The molecule has 1 aliphatic heterocycles. The van der Waals surface area contributed by atoms with E-state index in [1.165, 1.54) is 5.56 Å². The van der Waals surface area contributed by atoms with Crippen LogP contribution in [-0.2, 0) is 4.74 Å². The van der Waals surface area contributed by atoms with Crippen molar-refractivity contribution in [1.82, 2.24) is 9.80 Å². The number of hydrogen-bond acceptors (Lipinski definition) is 4. The lowest BCUT2D eigenvalue weighted by molar-refractivity contribution is 0.0741. The van der Waals surface area contributed by atoms with Crippen LogP contribution in [0.25, 0.3) is 0 Å². The minimum Gasteiger partial charge on any atom is -0.441 e. The summed E-state index contributed by atoms with van der Waals surface area (Å²) in [5.74, 6) is 0. The number of carbonyl (C=O) groups excluding carboxylic acids is 1. The second kappa shape index (κ2) is 9.01. The molecule has 2 N–H and O–H groups in total. The highest BCUT2D eigenvalue weighted by Crippen LogP contribution is 2.23. The van der Waals surface area contributed by atoms with E-state index in [0.717, 1.165) is 51.1 Å². The quantitative estimate of drug-likeness (QED) is 0.852. The number of amides is 1. The lowest BCUT2D eigenvalue weighted by Crippen LogP contribution is -2.50. The summed E-state index contributed by atoms with van der Waals surface area (Å²) in [4.78, 5) is 16.3. The first-order valence-corrected chi connectivity index (χ1v) is 9.44. The van der Waals surface area contributed by atoms with E-state index in [2.05, 4.69) is 34.1 Å². The molecule has 0 radical (unpaired) electrons. The monoisotopic (exact) mass is 355 g/mol. The molecule has 0 aromatic heterocycles. The Morgan fingerprint density at radius 3 is 2.54 bits per heavy atom. The third-order valence-electron chi connectivity index (χ3n) is 5.25. The topological polar surface area (TPSA) is 58.8 Å². The molecule has 2 unspecified atom stereocenters. The normalized spacial score (nSPS) is 22.3. The molecule has 0 bridgehead atoms. The van der Waals surface area contributed by atoms with Crippen LogP contribution >= 0.6 is 0 Å². The summed E-state index contributed by atoms with van der Waals surface area (Å²) in [5, 5.41) is 0. The van der Waals surface area contributed by atoms with Gasteiger partial charge in [0.15, 0.2) is 0 Å². The number of nitrogens with two attached hydrogens (primary N) is 1. The van der Waals surface area contributed by atoms with Gasteiger partial charge in [-0.15, -0.1) is 0 Å². The molecule has 1 aliphatic carbocycles. The molecule has 1 saturated heterocycles. The fourth-order valence-corrected chi connectivity index (χ4v) is 3.67. The summed E-state index contributed by atoms with van der Waals surface area (Å²) in [6.07, 6.45) is 9.69. The molecule has 5 nitrogen and oxygen atoms in total. The van der Waals surface area contributed by atoms with Gasteiger partial charge in [-0.1, -0.05) is 54.1 Å². The molecule has 5 heteroatoms. The molecule has 0 spiro atoms. The molecule has 1 amide bonds. The predicted molar refractivity (Wildman–Crippen MR) is 104 cm³/mol. The average Bonchev–Trinajstić information content (AvgIpc) is 2.67. The van der Waals surface area contributed by atoms with Gasteiger partial charge in [0.2, 0.25) is 0 Å². The van der Waals surface area contributed by atoms with E-state index < -0.39 is 6.09 Å². The Hall–Kier alpha value is -2.11. The molecule has 1 fully saturated rings. The van der Waals surface area contributed by atoms with Crippen LogP contribution in [0.5, 0.6) is 0 Å². The molecular weight excluding hydrogens is 326 g/mol. The molecule has 3 rings (SSSR count). The first kappa shape index (κ1) is 18.7. The van der Waals surface area contributed by atoms with Crippen LogP contribution in [0, 0.1) is 6.92 Å². The van der Waals surface area contributed by atoms with Crippen molar-refractivity contribution in [3.63, 3.8) is 0 Å². The van der Waals surface area contributed by atoms with Crippen molar-refractivity contribution >= 4 is 6.09 Å². The van der Waals surface area contributed by atoms with Crippen LogP contribution in [0.1, 0.15) is 30.1 Å². The van der Waals surface area contributed by atoms with Gasteiger partial charge in [-0.05, 0) is 18.9 Å². The minimum atomic E-state index is -0.711. The first-order valence-electron chi connectivity index (χ1n) is 9.44. The van der Waals surface area contributed by atoms with Gasteiger partial charge in [-0.2, -0.15) is 0 Å². The standard InChI is InChI=1S/C21H29N3O2/c1-17-7-9-18(10-8-17)20(26-21(22)25)11-12-23-13-15-24(16-14-23)19-5-3-2-4-6-19/h2-5,7-10,19-20H,6,11-16H2,1H3,(H2,22,25). The lowest BCUT2D eigenvalue weighted by Gasteiger charge is -2.38. The smallest absolute Gasteiger partial charge is 0.405 e. The summed E-state index contributed by atoms with van der Waals surface area (Å²) in [5.41, 5.74) is 7.47. The molecule has 0 saturated carbocycles. The molecule has 26 heavy (non-hydrogen) atoms. The second-order valence-corrected chi connectivity index (χ2v) is 7.12. The van der Waals surface area contributed by atoms with E-state index in [-0.39, 0.29) is 6.10 Å². The molecule has 1 aromatic carbocycles. The summed E-state index contributed by atoms with van der Waals surface area (Å²) in [7, 11) is 0. The number of ether oxygens (including phenoxy) is 1. The maximum atomic E-state index is 11.3. The minimum absolute atomic E-state index is 0.280. The van der Waals surface area contributed by atoms with Gasteiger partial charge in [0.1, 0.15) is 6.10 Å². The maximum Gasteiger partial charge on any atom is 0.405 e. The number of primary amides is 1. The van der Waals surface area contributed by atoms with Crippen molar-refractivity contribution in [2.45, 2.75) is 31.9 Å². The zero-order chi connectivity index (χ0) is 18.4. The second-order valence-electron chi connectivity index (χ2n) is 7.12. The van der Waals surface area contributed by atoms with Gasteiger partial charge < -0.3 is 15.4 Å². The highest BCUT2D eigenvalue weighted by Gasteiger charge is 2.23. The van der Waals surface area contributed by atoms with Crippen LogP contribution in [-0.4, -0.2) is 54.7 Å². The Morgan fingerprint density at radius 1 is 1.19 bits per heavy atom. The number of hydrogen-bond donors (Lipinski definition) is 1. The summed E-state index contributed by atoms with van der Waals surface area (Å²) in [6, 6.07) is 8.66. The van der Waals surface area contributed by atoms with Gasteiger partial charge in [0.05, 0.1) is 0 Å². The van der Waals surface area contributed by atoms with Crippen LogP contribution in [0.15, 0.2) is 48.6 Å². The number of carbonyl (C=O) groups is 1. The Morgan fingerprint density at radius 2 is 1.92 bits per heavy atom. The van der Waals surface area contributed by atoms with Crippen LogP contribution in [0.2, 0.25) is 0 Å². The number of nitrogens with zero attached hydrogens (tertiary/aromatic N) is 2. The third kappa shape index (κ3) is 5.19. The van der Waals surface area contributed by atoms with E-state index >= 15 is 0 Å². The Balaban J connectivity index is 1.50. The van der Waals surface area contributed by atoms with Crippen molar-refractivity contribution in [1.29, 1.82) is 0 Å². The maximum absolute atomic E-state index is 11.3. The van der Waals surface area contributed by atoms with Gasteiger partial charge in [0, 0.05) is 45.2 Å². The lowest BCUT2D eigenvalue weighted by atomic mass is 10.0. The largest absolute Gasteiger partial charge is 0.441 e. The summed E-state index contributed by atoms with van der Waals surface area (Å²) >= 11 is 0. The zero-order valence-corrected chi connectivity index (χ0v) is 15.5. The van der Waals surface area contributed by atoms with Gasteiger partial charge in [-0.25, -0.2) is 4.79 Å². The van der Waals surface area contributed by atoms with Gasteiger partial charge >= 0.3 is 6.09 Å². The number of benzene rings is 1. The molecular formula is C21H29N3O2. The highest BCUT2D eigenvalue weighted by atomic mass is 16.6. The number of aryl methyl sites for hydroxylation is 1. The molecule has 1 aromatic rings. The molecule has 1 heterocycles. The molecule has 140 valence electrons. The summed E-state index contributed by atoms with van der Waals surface area (Å²) < 4.78 is 5.37. The van der Waals surface area contributed by atoms with E-state index in [4.69, 9.17) is 10.5 Å². The summed E-state index contributed by atoms with van der Waals surface area (Å²) in [6.45, 7) is 7.20. The fraction of sp³-hybridized carbons (Fsp3) is 0.476. The molecule has 2 atom stereocenters. The predicted octanol–water partition coefficient (Wildman–Crippen LogP) is 3.02. The average molecular weight is 355 g/mol. The van der Waals surface area contributed by atoms with E-state index in [9.17, 15) is 4.79 Å². The number of rotatable bonds is 6. The van der Waals surface area contributed by atoms with E-state index in [1.54, 1.807) is 0 Å². The first-order chi connectivity index (χ1) is 12.6. The van der Waals surface area contributed by atoms with Crippen LogP contribution in [0.3, 0.4) is 0 Å². The fourth-order valence-electron chi connectivity index (χ4n) is 3.67. The number of allylic oxidation sites excluding steroid dienone is 2. The Kier molecular flexibility index (Phi) is 6.47. The van der Waals surface area contributed by atoms with Crippen molar-refractivity contribution in [2.24, 2.45) is 5.73 Å². The highest BCUT2D eigenvalue weighted by molar-refractivity contribution is 5.65. The Bertz CT molecular complexity index is 646.